The van der Waals surface area contributed by atoms with Gasteiger partial charge in [0.2, 0.25) is 0 Å². The lowest BCUT2D eigenvalue weighted by molar-refractivity contribution is 0.0234. The van der Waals surface area contributed by atoms with Gasteiger partial charge in [-0.3, -0.25) is 4.90 Å². The largest absolute Gasteiger partial charge is 0.367 e. The predicted molar refractivity (Wildman–Crippen MR) is 117 cm³/mol. The Bertz CT molecular complexity index is 937. The second-order valence-electron chi connectivity index (χ2n) is 8.45. The summed E-state index contributed by atoms with van der Waals surface area (Å²) < 4.78 is 1.85. The third-order valence-electron chi connectivity index (χ3n) is 6.59. The van der Waals surface area contributed by atoms with Crippen LogP contribution in [0.2, 0.25) is 0 Å². The van der Waals surface area contributed by atoms with Crippen LogP contribution in [0.3, 0.4) is 0 Å². The van der Waals surface area contributed by atoms with Gasteiger partial charge in [-0.15, -0.1) is 15.3 Å². The summed E-state index contributed by atoms with van der Waals surface area (Å²) >= 11 is 1.66. The minimum Gasteiger partial charge on any atom is -0.367 e. The number of thiophene rings is 1. The molecule has 2 aliphatic rings. The second kappa shape index (κ2) is 8.01. The molecule has 0 atom stereocenters. The number of hydrogen-bond acceptors (Lipinski definition) is 7. The number of fused-ring (bicyclic) bond motifs is 1. The molecule has 154 valence electrons. The highest BCUT2D eigenvalue weighted by Crippen LogP contribution is 2.31. The molecule has 3 aromatic rings. The maximum Gasteiger partial charge on any atom is 0.186 e. The summed E-state index contributed by atoms with van der Waals surface area (Å²) in [5.41, 5.74) is 2.07. The van der Waals surface area contributed by atoms with E-state index >= 15 is 0 Å². The molecule has 1 N–H and O–H groups in total. The molecule has 0 unspecified atom stereocenters. The number of piperidine rings is 2. The van der Waals surface area contributed by atoms with Crippen LogP contribution < -0.4 is 5.32 Å². The molecular formula is C21H29N7S. The Morgan fingerprint density at radius 1 is 1.03 bits per heavy atom. The van der Waals surface area contributed by atoms with Crippen LogP contribution in [-0.2, 0) is 0 Å². The fourth-order valence-electron chi connectivity index (χ4n) is 4.72. The number of nitrogens with zero attached hydrogens (tertiary/aromatic N) is 6. The highest BCUT2D eigenvalue weighted by atomic mass is 32.1. The van der Waals surface area contributed by atoms with Crippen LogP contribution in [0, 0.1) is 0 Å². The first-order valence-electron chi connectivity index (χ1n) is 10.7. The van der Waals surface area contributed by atoms with Crippen LogP contribution in [0.15, 0.2) is 29.0 Å². The van der Waals surface area contributed by atoms with Gasteiger partial charge >= 0.3 is 0 Å². The molecule has 0 aliphatic carbocycles. The summed E-state index contributed by atoms with van der Waals surface area (Å²) in [5.74, 6) is 1.69. The molecule has 0 radical (unpaired) electrons. The number of rotatable bonds is 5. The quantitative estimate of drug-likeness (QED) is 0.696. The van der Waals surface area contributed by atoms with Gasteiger partial charge in [-0.25, -0.2) is 0 Å². The Hall–Kier alpha value is -2.03. The highest BCUT2D eigenvalue weighted by Gasteiger charge is 2.39. The topological polar surface area (TPSA) is 61.6 Å². The van der Waals surface area contributed by atoms with Crippen molar-refractivity contribution in [1.82, 2.24) is 29.6 Å². The third kappa shape index (κ3) is 3.76. The number of anilines is 1. The molecule has 2 saturated heterocycles. The van der Waals surface area contributed by atoms with Gasteiger partial charge in [0.15, 0.2) is 11.5 Å². The predicted octanol–water partition coefficient (Wildman–Crippen LogP) is 3.22. The van der Waals surface area contributed by atoms with Crippen molar-refractivity contribution in [2.75, 3.05) is 45.1 Å². The van der Waals surface area contributed by atoms with Crippen molar-refractivity contribution in [3.63, 3.8) is 0 Å². The smallest absolute Gasteiger partial charge is 0.186 e. The van der Waals surface area contributed by atoms with Gasteiger partial charge in [-0.2, -0.15) is 15.9 Å². The summed E-state index contributed by atoms with van der Waals surface area (Å²) in [6, 6.07) is 6.09. The van der Waals surface area contributed by atoms with Crippen molar-refractivity contribution in [3.8, 4) is 11.4 Å². The number of likely N-dealkylation sites (tertiary alicyclic amines) is 2. The molecular weight excluding hydrogens is 382 g/mol. The number of hydrogen-bond donors (Lipinski definition) is 1. The van der Waals surface area contributed by atoms with Gasteiger partial charge in [-0.1, -0.05) is 6.42 Å². The van der Waals surface area contributed by atoms with Crippen molar-refractivity contribution < 1.29 is 0 Å². The van der Waals surface area contributed by atoms with Gasteiger partial charge in [0.25, 0.3) is 0 Å². The molecule has 8 heteroatoms. The zero-order valence-electron chi connectivity index (χ0n) is 17.0. The van der Waals surface area contributed by atoms with Crippen LogP contribution >= 0.6 is 11.3 Å². The van der Waals surface area contributed by atoms with Crippen molar-refractivity contribution in [2.24, 2.45) is 0 Å². The molecule has 29 heavy (non-hydrogen) atoms. The summed E-state index contributed by atoms with van der Waals surface area (Å²) in [7, 11) is 2.24. The maximum atomic E-state index is 4.82. The van der Waals surface area contributed by atoms with Crippen molar-refractivity contribution >= 4 is 22.8 Å². The van der Waals surface area contributed by atoms with Crippen LogP contribution in [0.25, 0.3) is 17.0 Å². The zero-order valence-corrected chi connectivity index (χ0v) is 17.9. The minimum absolute atomic E-state index is 0.229. The lowest BCUT2D eigenvalue weighted by atomic mass is 9.84. The molecule has 2 aliphatic heterocycles. The molecule has 5 rings (SSSR count). The average molecular weight is 412 g/mol. The van der Waals surface area contributed by atoms with Crippen molar-refractivity contribution in [1.29, 1.82) is 0 Å². The fourth-order valence-corrected chi connectivity index (χ4v) is 5.35. The molecule has 0 amide bonds. The monoisotopic (exact) mass is 411 g/mol. The normalized spacial score (nSPS) is 20.9. The SMILES string of the molecule is CN1CCC(CNc2ccc3nnc(-c4ccsc4)n3n2)(N2CCCCC2)CC1. The van der Waals surface area contributed by atoms with Gasteiger partial charge in [0.05, 0.1) is 0 Å². The third-order valence-corrected chi connectivity index (χ3v) is 7.27. The fraction of sp³-hybridized carbons (Fsp3) is 0.571. The summed E-state index contributed by atoms with van der Waals surface area (Å²) in [5, 5.41) is 21.3. The molecule has 2 fully saturated rings. The molecule has 0 spiro atoms. The summed E-state index contributed by atoms with van der Waals surface area (Å²) in [6.07, 6.45) is 6.45. The van der Waals surface area contributed by atoms with E-state index in [2.05, 4.69) is 49.2 Å². The summed E-state index contributed by atoms with van der Waals surface area (Å²) in [4.78, 5) is 5.21. The van der Waals surface area contributed by atoms with Gasteiger partial charge in [0, 0.05) is 23.0 Å². The lowest BCUT2D eigenvalue weighted by Crippen LogP contribution is -2.59. The number of aromatic nitrogens is 4. The first-order chi connectivity index (χ1) is 14.2. The van der Waals surface area contributed by atoms with Crippen LogP contribution in [0.4, 0.5) is 5.82 Å². The number of nitrogens with one attached hydrogen (secondary N) is 1. The molecule has 3 aromatic heterocycles. The molecule has 0 bridgehead atoms. The Labute approximate surface area is 175 Å². The van der Waals surface area contributed by atoms with E-state index in [1.807, 2.05) is 16.6 Å². The van der Waals surface area contributed by atoms with Gasteiger partial charge < -0.3 is 10.2 Å². The standard InChI is InChI=1S/C21H29N7S/c1-26-12-8-21(9-13-26,27-10-3-2-4-11-27)16-22-18-5-6-19-23-24-20(28(19)25-18)17-7-14-29-15-17/h5-7,14-15H,2-4,8-13,16H2,1H3,(H,22,25). The van der Waals surface area contributed by atoms with E-state index in [1.54, 1.807) is 11.3 Å². The first-order valence-corrected chi connectivity index (χ1v) is 11.6. The Morgan fingerprint density at radius 2 is 1.86 bits per heavy atom. The van der Waals surface area contributed by atoms with E-state index < -0.39 is 0 Å². The Balaban J connectivity index is 1.38. The highest BCUT2D eigenvalue weighted by molar-refractivity contribution is 7.08. The molecule has 5 heterocycles. The average Bonchev–Trinajstić information content (AvgIpc) is 3.44. The van der Waals surface area contributed by atoms with Crippen molar-refractivity contribution in [3.05, 3.63) is 29.0 Å². The molecule has 7 nitrogen and oxygen atoms in total. The van der Waals surface area contributed by atoms with Gasteiger partial charge in [-0.05, 0) is 82.5 Å². The lowest BCUT2D eigenvalue weighted by Gasteiger charge is -2.50. The first kappa shape index (κ1) is 19.0. The Morgan fingerprint density at radius 3 is 2.62 bits per heavy atom. The van der Waals surface area contributed by atoms with E-state index in [9.17, 15) is 0 Å². The van der Waals surface area contributed by atoms with E-state index in [0.29, 0.717) is 0 Å². The van der Waals surface area contributed by atoms with Crippen LogP contribution in [-0.4, -0.2) is 74.9 Å². The Kier molecular flexibility index (Phi) is 5.24. The maximum absolute atomic E-state index is 4.82. The zero-order chi connectivity index (χ0) is 19.7. The van der Waals surface area contributed by atoms with E-state index in [1.165, 1.54) is 58.3 Å². The van der Waals surface area contributed by atoms with E-state index in [4.69, 9.17) is 5.10 Å². The van der Waals surface area contributed by atoms with Crippen LogP contribution in [0.1, 0.15) is 32.1 Å². The molecule has 0 aromatic carbocycles. The second-order valence-corrected chi connectivity index (χ2v) is 9.23. The van der Waals surface area contributed by atoms with E-state index in [0.717, 1.165) is 29.4 Å². The van der Waals surface area contributed by atoms with Crippen LogP contribution in [0.5, 0.6) is 0 Å². The summed E-state index contributed by atoms with van der Waals surface area (Å²) in [6.45, 7) is 5.73. The van der Waals surface area contributed by atoms with Crippen molar-refractivity contribution in [2.45, 2.75) is 37.6 Å². The molecule has 0 saturated carbocycles. The van der Waals surface area contributed by atoms with Gasteiger partial charge in [0.1, 0.15) is 5.82 Å². The van der Waals surface area contributed by atoms with E-state index in [-0.39, 0.29) is 5.54 Å². The minimum atomic E-state index is 0.229.